The lowest BCUT2D eigenvalue weighted by Crippen LogP contribution is -2.18. The quantitative estimate of drug-likeness (QED) is 0.779. The van der Waals surface area contributed by atoms with Gasteiger partial charge in [0.2, 0.25) is 5.95 Å². The van der Waals surface area contributed by atoms with Crippen LogP contribution < -0.4 is 10.2 Å². The van der Waals surface area contributed by atoms with Gasteiger partial charge in [-0.3, -0.25) is 0 Å². The van der Waals surface area contributed by atoms with Crippen molar-refractivity contribution in [2.24, 2.45) is 0 Å². The van der Waals surface area contributed by atoms with Crippen LogP contribution in [0.2, 0.25) is 0 Å². The third-order valence-corrected chi connectivity index (χ3v) is 3.68. The summed E-state index contributed by atoms with van der Waals surface area (Å²) in [4.78, 5) is 10.9. The molecule has 3 aromatic heterocycles. The Hall–Kier alpha value is -2.77. The van der Waals surface area contributed by atoms with E-state index < -0.39 is 0 Å². The van der Waals surface area contributed by atoms with Crippen LogP contribution in [-0.4, -0.2) is 43.9 Å². The molecule has 0 aliphatic carbocycles. The molecule has 3 heterocycles. The van der Waals surface area contributed by atoms with Crippen LogP contribution in [0.25, 0.3) is 5.65 Å². The zero-order valence-corrected chi connectivity index (χ0v) is 15.6. The van der Waals surface area contributed by atoms with Crippen LogP contribution in [0.4, 0.5) is 11.8 Å². The highest BCUT2D eigenvalue weighted by molar-refractivity contribution is 5.45. The van der Waals surface area contributed by atoms with E-state index in [1.54, 1.807) is 4.52 Å². The molecular weight excluding hydrogens is 316 g/mol. The minimum absolute atomic E-state index is 0.130. The Morgan fingerprint density at radius 1 is 1.12 bits per heavy atom. The summed E-state index contributed by atoms with van der Waals surface area (Å²) >= 11 is 0. The highest BCUT2D eigenvalue weighted by Gasteiger charge is 2.21. The summed E-state index contributed by atoms with van der Waals surface area (Å²) in [6, 6.07) is 5.78. The van der Waals surface area contributed by atoms with Crippen molar-refractivity contribution in [3.63, 3.8) is 0 Å². The van der Waals surface area contributed by atoms with E-state index in [1.807, 2.05) is 44.1 Å². The van der Waals surface area contributed by atoms with Gasteiger partial charge in [0.15, 0.2) is 11.5 Å². The first-order chi connectivity index (χ1) is 11.7. The first kappa shape index (κ1) is 17.1. The lowest BCUT2D eigenvalue weighted by atomic mass is 9.96. The van der Waals surface area contributed by atoms with Crippen LogP contribution in [0.1, 0.15) is 38.0 Å². The lowest BCUT2D eigenvalue weighted by Gasteiger charge is -2.15. The van der Waals surface area contributed by atoms with Gasteiger partial charge in [0, 0.05) is 25.2 Å². The number of nitrogens with zero attached hydrogens (tertiary/aromatic N) is 7. The van der Waals surface area contributed by atoms with E-state index >= 15 is 0 Å². The van der Waals surface area contributed by atoms with E-state index in [9.17, 15) is 0 Å². The minimum Gasteiger partial charge on any atom is -0.363 e. The van der Waals surface area contributed by atoms with Crippen LogP contribution in [0.15, 0.2) is 18.2 Å². The predicted molar refractivity (Wildman–Crippen MR) is 97.9 cm³/mol. The third kappa shape index (κ3) is 3.67. The Kier molecular flexibility index (Phi) is 4.28. The van der Waals surface area contributed by atoms with Crippen molar-refractivity contribution in [3.8, 4) is 0 Å². The molecule has 0 aliphatic heterocycles. The standard InChI is InChI=1S/C17H24N8/c1-11-9-12(20-16(19-11)24(5)6)10-18-13-7-8-14-21-22-15(17(2,3)4)25(14)23-13/h7-9H,10H2,1-6H3,(H,18,23). The number of anilines is 2. The molecule has 1 N–H and O–H groups in total. The summed E-state index contributed by atoms with van der Waals surface area (Å²) in [7, 11) is 3.86. The van der Waals surface area contributed by atoms with Gasteiger partial charge in [-0.25, -0.2) is 9.97 Å². The second-order valence-electron chi connectivity index (χ2n) is 7.31. The van der Waals surface area contributed by atoms with Crippen LogP contribution in [0, 0.1) is 6.92 Å². The van der Waals surface area contributed by atoms with Crippen molar-refractivity contribution in [3.05, 3.63) is 35.4 Å². The molecule has 132 valence electrons. The van der Waals surface area contributed by atoms with Gasteiger partial charge in [0.05, 0.1) is 12.2 Å². The smallest absolute Gasteiger partial charge is 0.225 e. The maximum atomic E-state index is 4.62. The number of hydrogen-bond donors (Lipinski definition) is 1. The minimum atomic E-state index is -0.130. The Morgan fingerprint density at radius 3 is 2.56 bits per heavy atom. The summed E-state index contributed by atoms with van der Waals surface area (Å²) in [6.45, 7) is 8.82. The van der Waals surface area contributed by atoms with Crippen molar-refractivity contribution < 1.29 is 0 Å². The summed E-state index contributed by atoms with van der Waals surface area (Å²) in [6.07, 6.45) is 0. The van der Waals surface area contributed by atoms with Gasteiger partial charge in [-0.2, -0.15) is 4.52 Å². The zero-order valence-electron chi connectivity index (χ0n) is 15.6. The molecule has 8 nitrogen and oxygen atoms in total. The van der Waals surface area contributed by atoms with Gasteiger partial charge in [0.1, 0.15) is 5.82 Å². The zero-order chi connectivity index (χ0) is 18.2. The van der Waals surface area contributed by atoms with Crippen molar-refractivity contribution in [2.75, 3.05) is 24.3 Å². The first-order valence-corrected chi connectivity index (χ1v) is 8.23. The number of rotatable bonds is 4. The lowest BCUT2D eigenvalue weighted by molar-refractivity contribution is 0.527. The summed E-state index contributed by atoms with van der Waals surface area (Å²) < 4.78 is 1.79. The summed E-state index contributed by atoms with van der Waals surface area (Å²) in [5.74, 6) is 2.29. The summed E-state index contributed by atoms with van der Waals surface area (Å²) in [5, 5.41) is 16.4. The Labute approximate surface area is 147 Å². The Bertz CT molecular complexity index is 891. The normalized spacial score (nSPS) is 11.8. The van der Waals surface area contributed by atoms with Gasteiger partial charge in [-0.1, -0.05) is 20.8 Å². The van der Waals surface area contributed by atoms with Crippen molar-refractivity contribution in [1.82, 2.24) is 29.8 Å². The van der Waals surface area contributed by atoms with Crippen molar-refractivity contribution in [1.29, 1.82) is 0 Å². The highest BCUT2D eigenvalue weighted by atomic mass is 15.4. The molecule has 0 atom stereocenters. The molecular formula is C17H24N8. The largest absolute Gasteiger partial charge is 0.363 e. The van der Waals surface area contributed by atoms with Gasteiger partial charge in [-0.05, 0) is 25.1 Å². The van der Waals surface area contributed by atoms with E-state index in [0.29, 0.717) is 12.5 Å². The first-order valence-electron chi connectivity index (χ1n) is 8.23. The number of aryl methyl sites for hydroxylation is 1. The third-order valence-electron chi connectivity index (χ3n) is 3.68. The monoisotopic (exact) mass is 340 g/mol. The van der Waals surface area contributed by atoms with E-state index in [0.717, 1.165) is 28.7 Å². The van der Waals surface area contributed by atoms with Gasteiger partial charge in [-0.15, -0.1) is 15.3 Å². The molecule has 25 heavy (non-hydrogen) atoms. The highest BCUT2D eigenvalue weighted by Crippen LogP contribution is 2.20. The second kappa shape index (κ2) is 6.27. The average molecular weight is 340 g/mol. The van der Waals surface area contributed by atoms with Crippen LogP contribution in [0.3, 0.4) is 0 Å². The Morgan fingerprint density at radius 2 is 1.88 bits per heavy atom. The molecule has 3 rings (SSSR count). The number of hydrogen-bond acceptors (Lipinski definition) is 7. The predicted octanol–water partition coefficient (Wildman–Crippen LogP) is 2.20. The second-order valence-corrected chi connectivity index (χ2v) is 7.31. The SMILES string of the molecule is Cc1cc(CNc2ccc3nnc(C(C)(C)C)n3n2)nc(N(C)C)n1. The van der Waals surface area contributed by atoms with E-state index in [1.165, 1.54) is 0 Å². The fraction of sp³-hybridized carbons (Fsp3) is 0.471. The molecule has 0 aromatic carbocycles. The average Bonchev–Trinajstić information content (AvgIpc) is 2.95. The fourth-order valence-corrected chi connectivity index (χ4v) is 2.44. The fourth-order valence-electron chi connectivity index (χ4n) is 2.44. The summed E-state index contributed by atoms with van der Waals surface area (Å²) in [5.41, 5.74) is 2.46. The number of aromatic nitrogens is 6. The maximum absolute atomic E-state index is 4.62. The molecule has 0 aliphatic rings. The van der Waals surface area contributed by atoms with E-state index in [4.69, 9.17) is 0 Å². The van der Waals surface area contributed by atoms with Crippen LogP contribution in [0.5, 0.6) is 0 Å². The van der Waals surface area contributed by atoms with E-state index in [-0.39, 0.29) is 5.41 Å². The molecule has 0 spiro atoms. The molecule has 0 saturated carbocycles. The van der Waals surface area contributed by atoms with Crippen LogP contribution in [-0.2, 0) is 12.0 Å². The van der Waals surface area contributed by atoms with E-state index in [2.05, 4.69) is 51.4 Å². The Balaban J connectivity index is 1.84. The topological polar surface area (TPSA) is 84.1 Å². The van der Waals surface area contributed by atoms with Gasteiger partial charge >= 0.3 is 0 Å². The number of fused-ring (bicyclic) bond motifs is 1. The van der Waals surface area contributed by atoms with Gasteiger partial charge in [0.25, 0.3) is 0 Å². The van der Waals surface area contributed by atoms with Crippen molar-refractivity contribution >= 4 is 17.4 Å². The molecule has 0 saturated heterocycles. The molecule has 0 radical (unpaired) electrons. The van der Waals surface area contributed by atoms with Crippen LogP contribution >= 0.6 is 0 Å². The molecule has 3 aromatic rings. The number of nitrogens with one attached hydrogen (secondary N) is 1. The molecule has 0 bridgehead atoms. The maximum Gasteiger partial charge on any atom is 0.225 e. The molecule has 0 fully saturated rings. The van der Waals surface area contributed by atoms with Gasteiger partial charge < -0.3 is 10.2 Å². The molecule has 0 unspecified atom stereocenters. The molecule has 0 amide bonds. The molecule has 8 heteroatoms. The van der Waals surface area contributed by atoms with Crippen molar-refractivity contribution in [2.45, 2.75) is 39.7 Å².